The van der Waals surface area contributed by atoms with Crippen molar-refractivity contribution in [2.45, 2.75) is 52.5 Å². The van der Waals surface area contributed by atoms with E-state index in [-0.39, 0.29) is 0 Å². The molecule has 162 valence electrons. The Bertz CT molecular complexity index is 858. The predicted molar refractivity (Wildman–Crippen MR) is 133 cm³/mol. The second kappa shape index (κ2) is 12.6. The molecule has 0 aliphatic carbocycles. The zero-order valence-electron chi connectivity index (χ0n) is 18.4. The smallest absolute Gasteiger partial charge is 0.0856 e. The first-order valence-corrected chi connectivity index (χ1v) is 11.9. The standard InChI is InChI=1S/C25H31Cl2NOS/c1-6-18(4)24(16-29-15-20-10-8-7-9-11-20)28-25(17(2)3)19(5)30-23-13-21(26)12-22(27)14-23/h7-14,17-18H,6,15-16H2,1-5H3/b25-19+,28-24?. The first-order valence-electron chi connectivity index (χ1n) is 10.3. The summed E-state index contributed by atoms with van der Waals surface area (Å²) in [6.45, 7) is 12.0. The maximum Gasteiger partial charge on any atom is 0.0856 e. The van der Waals surface area contributed by atoms with E-state index in [1.165, 1.54) is 5.56 Å². The summed E-state index contributed by atoms with van der Waals surface area (Å²) in [7, 11) is 0. The molecule has 0 aromatic heterocycles. The van der Waals surface area contributed by atoms with Gasteiger partial charge in [0.1, 0.15) is 0 Å². The molecular weight excluding hydrogens is 433 g/mol. The van der Waals surface area contributed by atoms with Crippen LogP contribution < -0.4 is 0 Å². The molecule has 0 heterocycles. The summed E-state index contributed by atoms with van der Waals surface area (Å²) in [6.07, 6.45) is 1.02. The van der Waals surface area contributed by atoms with Gasteiger partial charge in [-0.15, -0.1) is 0 Å². The summed E-state index contributed by atoms with van der Waals surface area (Å²) in [6, 6.07) is 15.9. The Morgan fingerprint density at radius 3 is 2.23 bits per heavy atom. The van der Waals surface area contributed by atoms with Crippen LogP contribution in [0, 0.1) is 11.8 Å². The Hall–Kier alpha value is -1.26. The summed E-state index contributed by atoms with van der Waals surface area (Å²) in [5.74, 6) is 0.647. The van der Waals surface area contributed by atoms with Gasteiger partial charge in [-0.2, -0.15) is 0 Å². The van der Waals surface area contributed by atoms with Crippen LogP contribution in [0.5, 0.6) is 0 Å². The number of benzene rings is 2. The van der Waals surface area contributed by atoms with Gasteiger partial charge in [-0.1, -0.05) is 93.0 Å². The fraction of sp³-hybridized carbons (Fsp3) is 0.400. The Morgan fingerprint density at radius 1 is 1.03 bits per heavy atom. The summed E-state index contributed by atoms with van der Waals surface area (Å²) in [4.78, 5) is 7.27. The van der Waals surface area contributed by atoms with E-state index in [1.54, 1.807) is 17.8 Å². The second-order valence-electron chi connectivity index (χ2n) is 7.69. The van der Waals surface area contributed by atoms with Gasteiger partial charge >= 0.3 is 0 Å². The molecule has 0 aliphatic rings. The third-order valence-electron chi connectivity index (χ3n) is 4.82. The van der Waals surface area contributed by atoms with E-state index in [1.807, 2.05) is 30.3 Å². The van der Waals surface area contributed by atoms with E-state index in [2.05, 4.69) is 46.8 Å². The van der Waals surface area contributed by atoms with Crippen LogP contribution >= 0.6 is 35.0 Å². The second-order valence-corrected chi connectivity index (χ2v) is 9.85. The zero-order valence-corrected chi connectivity index (χ0v) is 20.7. The van der Waals surface area contributed by atoms with Crippen LogP contribution in [-0.4, -0.2) is 12.3 Å². The first-order chi connectivity index (χ1) is 14.3. The molecule has 0 aliphatic heterocycles. The van der Waals surface area contributed by atoms with Crippen LogP contribution in [0.2, 0.25) is 10.0 Å². The van der Waals surface area contributed by atoms with Crippen molar-refractivity contribution in [2.75, 3.05) is 6.61 Å². The highest BCUT2D eigenvalue weighted by atomic mass is 35.5. The predicted octanol–water partition coefficient (Wildman–Crippen LogP) is 8.68. The molecule has 2 aromatic carbocycles. The Labute approximate surface area is 195 Å². The fourth-order valence-electron chi connectivity index (χ4n) is 2.95. The zero-order chi connectivity index (χ0) is 22.1. The first kappa shape index (κ1) is 25.0. The molecule has 0 bridgehead atoms. The number of nitrogens with zero attached hydrogens (tertiary/aromatic N) is 1. The molecule has 2 aromatic rings. The highest BCUT2D eigenvalue weighted by Crippen LogP contribution is 2.35. The van der Waals surface area contributed by atoms with Gasteiger partial charge in [-0.25, -0.2) is 0 Å². The van der Waals surface area contributed by atoms with Gasteiger partial charge in [-0.3, -0.25) is 4.99 Å². The maximum absolute atomic E-state index is 6.17. The molecular formula is C25H31Cl2NOS. The highest BCUT2D eigenvalue weighted by Gasteiger charge is 2.15. The minimum Gasteiger partial charge on any atom is -0.371 e. The van der Waals surface area contributed by atoms with Gasteiger partial charge < -0.3 is 4.74 Å². The molecule has 0 radical (unpaired) electrons. The monoisotopic (exact) mass is 463 g/mol. The lowest BCUT2D eigenvalue weighted by Crippen LogP contribution is -2.18. The van der Waals surface area contributed by atoms with E-state index in [0.717, 1.165) is 27.6 Å². The third kappa shape index (κ3) is 8.11. The van der Waals surface area contributed by atoms with Gasteiger partial charge in [0.25, 0.3) is 0 Å². The maximum atomic E-state index is 6.17. The molecule has 1 atom stereocenters. The van der Waals surface area contributed by atoms with E-state index < -0.39 is 0 Å². The SMILES string of the molecule is CCC(C)C(COCc1ccccc1)=N/C(=C(\C)Sc1cc(Cl)cc(Cl)c1)C(C)C. The van der Waals surface area contributed by atoms with Crippen LogP contribution in [0.1, 0.15) is 46.6 Å². The minimum absolute atomic E-state index is 0.292. The van der Waals surface area contributed by atoms with Gasteiger partial charge in [0.15, 0.2) is 0 Å². The highest BCUT2D eigenvalue weighted by molar-refractivity contribution is 8.03. The molecule has 0 saturated carbocycles. The molecule has 0 fully saturated rings. The molecule has 2 rings (SSSR count). The lowest BCUT2D eigenvalue weighted by atomic mass is 10.0. The van der Waals surface area contributed by atoms with Gasteiger partial charge in [0, 0.05) is 25.6 Å². The van der Waals surface area contributed by atoms with Gasteiger partial charge in [0.05, 0.1) is 18.9 Å². The number of thioether (sulfide) groups is 1. The van der Waals surface area contributed by atoms with Crippen LogP contribution in [0.15, 0.2) is 69.0 Å². The molecule has 1 unspecified atom stereocenters. The summed E-state index contributed by atoms with van der Waals surface area (Å²) in [5.41, 5.74) is 3.33. The van der Waals surface area contributed by atoms with E-state index in [0.29, 0.717) is 35.1 Å². The van der Waals surface area contributed by atoms with Crippen molar-refractivity contribution < 1.29 is 4.74 Å². The van der Waals surface area contributed by atoms with Crippen molar-refractivity contribution in [3.8, 4) is 0 Å². The Kier molecular flexibility index (Phi) is 10.5. The summed E-state index contributed by atoms with van der Waals surface area (Å²) in [5, 5.41) is 1.28. The lowest BCUT2D eigenvalue weighted by Gasteiger charge is -2.18. The van der Waals surface area contributed by atoms with Gasteiger partial charge in [0.2, 0.25) is 0 Å². The average molecular weight is 465 g/mol. The number of allylic oxidation sites excluding steroid dienone is 2. The number of aliphatic imine (C=N–C) groups is 1. The van der Waals surface area contributed by atoms with Crippen molar-refractivity contribution in [3.63, 3.8) is 0 Å². The molecule has 5 heteroatoms. The van der Waals surface area contributed by atoms with E-state index in [4.69, 9.17) is 32.9 Å². The van der Waals surface area contributed by atoms with Crippen LogP contribution in [0.4, 0.5) is 0 Å². The lowest BCUT2D eigenvalue weighted by molar-refractivity contribution is 0.155. The van der Waals surface area contributed by atoms with Gasteiger partial charge in [-0.05, 0) is 48.9 Å². The van der Waals surface area contributed by atoms with Crippen molar-refractivity contribution >= 4 is 40.7 Å². The number of hydrogen-bond acceptors (Lipinski definition) is 3. The quantitative estimate of drug-likeness (QED) is 0.259. The third-order valence-corrected chi connectivity index (χ3v) is 6.24. The molecule has 0 spiro atoms. The fourth-order valence-corrected chi connectivity index (χ4v) is 4.72. The summed E-state index contributed by atoms with van der Waals surface area (Å²) < 4.78 is 6.02. The van der Waals surface area contributed by atoms with E-state index >= 15 is 0 Å². The van der Waals surface area contributed by atoms with Crippen molar-refractivity contribution in [2.24, 2.45) is 16.8 Å². The number of rotatable bonds is 10. The average Bonchev–Trinajstić information content (AvgIpc) is 2.69. The Morgan fingerprint density at radius 2 is 1.67 bits per heavy atom. The molecule has 0 amide bonds. The van der Waals surface area contributed by atoms with Crippen molar-refractivity contribution in [3.05, 3.63) is 74.7 Å². The summed E-state index contributed by atoms with van der Waals surface area (Å²) >= 11 is 14.0. The van der Waals surface area contributed by atoms with Crippen LogP contribution in [0.25, 0.3) is 0 Å². The number of halogens is 2. The van der Waals surface area contributed by atoms with E-state index in [9.17, 15) is 0 Å². The van der Waals surface area contributed by atoms with Crippen LogP contribution in [-0.2, 0) is 11.3 Å². The molecule has 2 nitrogen and oxygen atoms in total. The Balaban J connectivity index is 2.24. The van der Waals surface area contributed by atoms with Crippen LogP contribution in [0.3, 0.4) is 0 Å². The molecule has 0 saturated heterocycles. The number of ether oxygens (including phenoxy) is 1. The normalized spacial score (nSPS) is 14.1. The minimum atomic E-state index is 0.292. The topological polar surface area (TPSA) is 21.6 Å². The molecule has 30 heavy (non-hydrogen) atoms. The molecule has 0 N–H and O–H groups in total. The van der Waals surface area contributed by atoms with Crippen molar-refractivity contribution in [1.29, 1.82) is 0 Å². The number of hydrogen-bond donors (Lipinski definition) is 0. The largest absolute Gasteiger partial charge is 0.371 e. The van der Waals surface area contributed by atoms with Crippen molar-refractivity contribution in [1.82, 2.24) is 0 Å².